The van der Waals surface area contributed by atoms with E-state index in [0.29, 0.717) is 168 Å². The molecule has 41 heteroatoms. The van der Waals surface area contributed by atoms with Crippen LogP contribution in [0.4, 0.5) is 5.69 Å². The Hall–Kier alpha value is -12.7. The van der Waals surface area contributed by atoms with Crippen molar-refractivity contribution in [2.75, 3.05) is 101 Å². The van der Waals surface area contributed by atoms with Crippen molar-refractivity contribution in [1.29, 1.82) is 0 Å². The Bertz CT molecular complexity index is 6420. The van der Waals surface area contributed by atoms with E-state index in [4.69, 9.17) is 59.7 Å². The lowest BCUT2D eigenvalue weighted by atomic mass is 9.68. The van der Waals surface area contributed by atoms with E-state index in [1.165, 1.54) is 88.8 Å². The summed E-state index contributed by atoms with van der Waals surface area (Å²) >= 11 is 6.46. The van der Waals surface area contributed by atoms with Crippen molar-refractivity contribution >= 4 is 93.7 Å². The van der Waals surface area contributed by atoms with E-state index >= 15 is 4.21 Å². The summed E-state index contributed by atoms with van der Waals surface area (Å²) in [4.78, 5) is 132. The van der Waals surface area contributed by atoms with Gasteiger partial charge in [-0.05, 0) is 195 Å². The zero-order valence-electron chi connectivity index (χ0n) is 85.9. The number of methoxy groups -OCH3 is 7. The van der Waals surface area contributed by atoms with Gasteiger partial charge in [-0.1, -0.05) is 55.8 Å². The molecule has 13 heterocycles. The lowest BCUT2D eigenvalue weighted by Gasteiger charge is -2.45. The molecule has 39 nitrogen and oxygen atoms in total. The van der Waals surface area contributed by atoms with Crippen molar-refractivity contribution in [3.05, 3.63) is 247 Å². The van der Waals surface area contributed by atoms with Crippen LogP contribution in [0.15, 0.2) is 151 Å². The van der Waals surface area contributed by atoms with Crippen molar-refractivity contribution in [2.45, 2.75) is 218 Å². The molecular formula is C106H135ClN10O29S. The first kappa shape index (κ1) is 115. The second kappa shape index (κ2) is 49.9. The number of H-pyrrole nitrogens is 1. The van der Waals surface area contributed by atoms with Gasteiger partial charge in [-0.3, -0.25) is 28.7 Å². The lowest BCUT2D eigenvalue weighted by Crippen LogP contribution is -2.49. The number of allylic oxidation sites excluding steroid dienone is 2. The molecule has 8 aliphatic rings. The van der Waals surface area contributed by atoms with Crippen molar-refractivity contribution in [3.63, 3.8) is 0 Å². The standard InChI is InChI=1S/C43H53ClN4O6S.C12H17NO4.C11H15NO5.2C11H15NO4.C11H13NO3.C7H7NO3/c1-5-42(4)24-47-22-32(19-34(47)23-54-42)41(51)46-55(52)28(3)27(2)8-6-10-38(49)35-14-11-31(35)21-48-25-43(17-7-9-29-18-33(44)13-15-36(29)43)26-53-39-16-12-30(20-37(39)48)40(50)45-55;1-12(8-15-2)7-13-5-9(11(14)16-3)4-10(13)6-17-12;1-11(16,7-14)6-12-4-8(10(15)17-2)3-9(12)5-13;1-11(7-15-2)6-12-4-8(10(13)14)3-9(12)5-16-11;1-11(7-13)6-12-4-8(10(14)15-2)3-9(12)5-16-11;1-8(2)5-12-6-9(11(14)15-3)4-10(12)7-13;1-11-7(10)5-2-6(4-9)8-3-5/h6,10,12-13,15-16,18-20,22,27-28,31,35,38,49H,5,7-9,11,14,17,21,23-26H2,1-4H3,(H,45,46,50,51,52);4-5H,6-8H2,1-3H3;3-5,14,16H,6-7H2,1-2H3;3-4H,5-7H2,1-2H3,(H,13,14);3-4,13H,5-7H2,1-2H3;4,6-7H,1,5H2,2-3H3;2-4,8H,1H3/b10-6+;;;;;;/t27-,28+,31-,35+,38-,42?,43-,55?;;;;;;/m0....../s1. The van der Waals surface area contributed by atoms with Gasteiger partial charge >= 0.3 is 35.8 Å². The molecule has 7 aromatic heterocycles. The zero-order valence-corrected chi connectivity index (χ0v) is 87.5. The van der Waals surface area contributed by atoms with Gasteiger partial charge in [0.05, 0.1) is 206 Å². The fourth-order valence-corrected chi connectivity index (χ4v) is 20.6. The Labute approximate surface area is 858 Å². The Morgan fingerprint density at radius 2 is 1.13 bits per heavy atom. The van der Waals surface area contributed by atoms with Crippen LogP contribution in [0.5, 0.6) is 5.75 Å². The summed E-state index contributed by atoms with van der Waals surface area (Å²) in [5.74, 6) is -3.48. The molecule has 12 atom stereocenters. The van der Waals surface area contributed by atoms with Crippen LogP contribution in [0.1, 0.15) is 249 Å². The average molecular weight is 2080 g/mol. The first-order valence-corrected chi connectivity index (χ1v) is 50.0. The largest absolute Gasteiger partial charge is 0.490 e. The summed E-state index contributed by atoms with van der Waals surface area (Å²) in [6.07, 6.45) is 22.6. The van der Waals surface area contributed by atoms with Crippen LogP contribution in [0, 0.1) is 17.8 Å². The molecule has 147 heavy (non-hydrogen) atoms. The number of halogens is 1. The molecule has 0 radical (unpaired) electrons. The number of carboxylic acids is 1. The van der Waals surface area contributed by atoms with E-state index in [-0.39, 0.29) is 81.9 Å². The fourth-order valence-electron chi connectivity index (χ4n) is 18.6. The number of nitrogens with zero attached hydrogens (tertiary/aromatic N) is 8. The van der Waals surface area contributed by atoms with Crippen molar-refractivity contribution in [3.8, 4) is 5.75 Å². The Morgan fingerprint density at radius 1 is 0.633 bits per heavy atom. The fraction of sp³-hybridized carbons (Fsp3) is 0.481. The van der Waals surface area contributed by atoms with Crippen LogP contribution in [-0.4, -0.2) is 264 Å². The molecule has 6 unspecified atom stereocenters. The Balaban J connectivity index is 0.000000183. The first-order valence-electron chi connectivity index (χ1n) is 48.0. The summed E-state index contributed by atoms with van der Waals surface area (Å²) in [5, 5.41) is 48.2. The number of ether oxygens (including phenoxy) is 12. The average Bonchev–Trinajstić information content (AvgIpc) is 1.67. The van der Waals surface area contributed by atoms with Gasteiger partial charge in [0.2, 0.25) is 0 Å². The lowest BCUT2D eigenvalue weighted by molar-refractivity contribution is -0.112. The second-order valence-electron chi connectivity index (χ2n) is 39.4. The molecule has 0 saturated heterocycles. The molecule has 2 amide bonds. The highest BCUT2D eigenvalue weighted by Crippen LogP contribution is 2.48. The molecular weight excluding hydrogens is 1940 g/mol. The third-order valence-corrected chi connectivity index (χ3v) is 29.9. The summed E-state index contributed by atoms with van der Waals surface area (Å²) in [6.45, 7) is 27.6. The highest BCUT2D eigenvalue weighted by Gasteiger charge is 2.46. The van der Waals surface area contributed by atoms with E-state index in [9.17, 15) is 68.1 Å². The van der Waals surface area contributed by atoms with E-state index < -0.39 is 74.8 Å². The number of aliphatic hydroxyl groups excluding tert-OH is 3. The molecule has 6 aliphatic heterocycles. The molecule has 17 rings (SSSR count). The predicted molar refractivity (Wildman–Crippen MR) is 541 cm³/mol. The maximum atomic E-state index is 15.0. The molecule has 7 N–H and O–H groups in total. The number of nitrogens with one attached hydrogen (secondary N) is 2. The summed E-state index contributed by atoms with van der Waals surface area (Å²) in [7, 11) is 6.19. The van der Waals surface area contributed by atoms with E-state index in [2.05, 4.69) is 63.6 Å². The number of rotatable bonds is 22. The van der Waals surface area contributed by atoms with Gasteiger partial charge in [0.1, 0.15) is 38.1 Å². The number of esters is 5. The van der Waals surface area contributed by atoms with Crippen molar-refractivity contribution in [2.24, 2.45) is 22.1 Å². The highest BCUT2D eigenvalue weighted by atomic mass is 35.5. The zero-order chi connectivity index (χ0) is 107. The molecule has 9 aromatic rings. The smallest absolute Gasteiger partial charge is 0.339 e. The monoisotopic (exact) mass is 2080 g/mol. The topological polar surface area (TPSA) is 490 Å². The number of aldehydes is 3. The van der Waals surface area contributed by atoms with Gasteiger partial charge in [-0.25, -0.2) is 33.0 Å². The Kier molecular flexibility index (Phi) is 38.9. The van der Waals surface area contributed by atoms with Gasteiger partial charge in [-0.2, -0.15) is 0 Å². The van der Waals surface area contributed by atoms with E-state index in [1.54, 1.807) is 87.0 Å². The van der Waals surface area contributed by atoms with Crippen LogP contribution in [-0.2, 0) is 140 Å². The van der Waals surface area contributed by atoms with Crippen LogP contribution < -0.4 is 14.4 Å². The SMILES string of the molecule is C=C(C)Cn1cc(C(=O)OC)cc1C=O.CCC1(C)Cn2cc(C(=O)NS3(=O)=NC(=O)c4ccc5c(c4)N(C[C@@H]4CC[C@H]4[C@@H](O)/C=C/C[C@H](C)[C@H]3C)C[C@@]3(CCCc4cc(Cl)ccc43)CO5)cc2CO1.COC(=O)c1c[nH]c(C=O)c1.COC(=O)c1cc(C=O)n(CC(C)(O)CO)c1.COC(=O)c1cc2n(c1)CC(C)(CO)OC2.COCC1(C)Cn2cc(C(=O)O)cc2CO1.COCC1(C)Cn2cc(C(=O)OC)cc2CO1. The van der Waals surface area contributed by atoms with Crippen LogP contribution in [0.3, 0.4) is 0 Å². The second-order valence-corrected chi connectivity index (χ2v) is 42.1. The van der Waals surface area contributed by atoms with Gasteiger partial charge in [0.15, 0.2) is 18.9 Å². The third-order valence-electron chi connectivity index (χ3n) is 27.3. The number of fused-ring (bicyclic) bond motifs is 8. The highest BCUT2D eigenvalue weighted by molar-refractivity contribution is 7.93. The molecule has 2 aromatic carbocycles. The number of amides is 2. The van der Waals surface area contributed by atoms with Crippen molar-refractivity contribution in [1.82, 2.24) is 37.1 Å². The first-order chi connectivity index (χ1) is 69.8. The minimum atomic E-state index is -3.66. The summed E-state index contributed by atoms with van der Waals surface area (Å²) < 4.78 is 96.0. The maximum absolute atomic E-state index is 15.0. The number of anilines is 1. The Morgan fingerprint density at radius 3 is 1.63 bits per heavy atom. The van der Waals surface area contributed by atoms with E-state index in [0.717, 1.165) is 77.6 Å². The van der Waals surface area contributed by atoms with Crippen LogP contribution >= 0.6 is 11.6 Å². The summed E-state index contributed by atoms with van der Waals surface area (Å²) in [6, 6.07) is 22.7. The molecule has 2 bridgehead atoms. The molecule has 1 saturated carbocycles. The normalized spacial score (nSPS) is 23.9. The number of aryl methyl sites for hydroxylation is 1. The number of benzene rings is 2. The van der Waals surface area contributed by atoms with Gasteiger partial charge < -0.3 is 120 Å². The number of carboxylic acid groups (broad SMARTS) is 1. The number of hydrogen-bond donors (Lipinski definition) is 7. The minimum Gasteiger partial charge on any atom is -0.490 e. The number of aromatic nitrogens is 7. The maximum Gasteiger partial charge on any atom is 0.339 e. The van der Waals surface area contributed by atoms with Crippen LogP contribution in [0.2, 0.25) is 5.02 Å². The molecule has 1 spiro atoms. The number of aromatic carboxylic acids is 1. The number of hydrogen-bond acceptors (Lipinski definition) is 29. The van der Waals surface area contributed by atoms with Crippen LogP contribution in [0.25, 0.3) is 0 Å². The number of carbonyl (C=O) groups excluding carboxylic acids is 10. The number of carbonyl (C=O) groups is 11. The van der Waals surface area contributed by atoms with Gasteiger partial charge in [-0.15, -0.1) is 4.36 Å². The van der Waals surface area contributed by atoms with Gasteiger partial charge in [0.25, 0.3) is 11.8 Å². The molecule has 796 valence electrons. The quantitative estimate of drug-likeness (QED) is 0.0143. The third kappa shape index (κ3) is 28.6. The molecule has 2 aliphatic carbocycles. The number of aliphatic hydroxyl groups is 4. The molecule has 1 fully saturated rings. The van der Waals surface area contributed by atoms with E-state index in [1.807, 2.05) is 90.2 Å². The summed E-state index contributed by atoms with van der Waals surface area (Å²) in [5.41, 5.74) is 8.55. The predicted octanol–water partition coefficient (Wildman–Crippen LogP) is 12.6. The number of aromatic amines is 1. The minimum absolute atomic E-state index is 0.00850. The van der Waals surface area contributed by atoms with Crippen molar-refractivity contribution < 1.29 is 139 Å². The van der Waals surface area contributed by atoms with Gasteiger partial charge in [0, 0.05) is 116 Å².